The van der Waals surface area contributed by atoms with E-state index in [9.17, 15) is 10.1 Å². The standard InChI is InChI=1S/C31H38N8O3S/c1-5-25(40)39-10-7-20(8-11-39)41-21-16-23(34-24(17-21)38-14-12-37(4)13-15-38)29-35-30(42-36-29)31(3)9-6-19(2)27-26(31)22(18-32)28(33)43-27/h5,16-17,19-20H,1,6-15,33H2,2-4H3. The second kappa shape index (κ2) is 11.6. The van der Waals surface area contributed by atoms with Crippen LogP contribution >= 0.6 is 11.3 Å². The lowest BCUT2D eigenvalue weighted by atomic mass is 9.69. The molecule has 43 heavy (non-hydrogen) atoms. The number of ether oxygens (including phenoxy) is 1. The molecule has 0 aromatic carbocycles. The molecule has 2 atom stereocenters. The number of aromatic nitrogens is 3. The van der Waals surface area contributed by atoms with Crippen molar-refractivity contribution >= 4 is 28.1 Å². The summed E-state index contributed by atoms with van der Waals surface area (Å²) in [5.41, 5.74) is 7.65. The van der Waals surface area contributed by atoms with Crippen LogP contribution < -0.4 is 15.4 Å². The fourth-order valence-electron chi connectivity index (χ4n) is 6.39. The number of anilines is 2. The molecule has 2 unspecified atom stereocenters. The maximum Gasteiger partial charge on any atom is 0.245 e. The number of fused-ring (bicyclic) bond motifs is 1. The third-order valence-corrected chi connectivity index (χ3v) is 10.4. The fraction of sp³-hybridized carbons (Fsp3) is 0.516. The van der Waals surface area contributed by atoms with Crippen molar-refractivity contribution in [2.24, 2.45) is 0 Å². The number of nitrogen functional groups attached to an aromatic ring is 1. The van der Waals surface area contributed by atoms with Gasteiger partial charge in [0, 0.05) is 74.7 Å². The van der Waals surface area contributed by atoms with Gasteiger partial charge in [0.2, 0.25) is 17.6 Å². The van der Waals surface area contributed by atoms with Gasteiger partial charge >= 0.3 is 0 Å². The van der Waals surface area contributed by atoms with E-state index in [0.29, 0.717) is 52.7 Å². The number of nitrogens with zero attached hydrogens (tertiary/aromatic N) is 7. The smallest absolute Gasteiger partial charge is 0.245 e. The number of hydrogen-bond donors (Lipinski definition) is 1. The second-order valence-electron chi connectivity index (χ2n) is 12.1. The number of nitriles is 1. The van der Waals surface area contributed by atoms with Crippen LogP contribution in [0.15, 0.2) is 29.3 Å². The fourth-order valence-corrected chi connectivity index (χ4v) is 7.62. The van der Waals surface area contributed by atoms with Crippen LogP contribution in [0.4, 0.5) is 10.8 Å². The molecule has 6 rings (SSSR count). The Morgan fingerprint density at radius 2 is 1.95 bits per heavy atom. The number of nitrogens with two attached hydrogens (primary N) is 1. The van der Waals surface area contributed by atoms with Gasteiger partial charge in [-0.05, 0) is 38.8 Å². The first-order chi connectivity index (χ1) is 20.7. The van der Waals surface area contributed by atoms with E-state index in [1.807, 2.05) is 12.1 Å². The molecule has 1 amide bonds. The topological polar surface area (TPSA) is 138 Å². The third kappa shape index (κ3) is 5.47. The average Bonchev–Trinajstić information content (AvgIpc) is 3.65. The van der Waals surface area contributed by atoms with Gasteiger partial charge < -0.3 is 29.7 Å². The number of thiophene rings is 1. The van der Waals surface area contributed by atoms with Gasteiger partial charge in [-0.2, -0.15) is 10.2 Å². The maximum atomic E-state index is 12.0. The highest BCUT2D eigenvalue weighted by Crippen LogP contribution is 2.52. The van der Waals surface area contributed by atoms with Crippen molar-refractivity contribution in [1.29, 1.82) is 5.26 Å². The lowest BCUT2D eigenvalue weighted by Crippen LogP contribution is -2.44. The number of amides is 1. The summed E-state index contributed by atoms with van der Waals surface area (Å²) >= 11 is 1.49. The van der Waals surface area contributed by atoms with Crippen molar-refractivity contribution in [3.63, 3.8) is 0 Å². The summed E-state index contributed by atoms with van der Waals surface area (Å²) in [5.74, 6) is 2.60. The van der Waals surface area contributed by atoms with E-state index < -0.39 is 5.41 Å². The molecule has 11 nitrogen and oxygen atoms in total. The van der Waals surface area contributed by atoms with Gasteiger partial charge in [0.05, 0.1) is 11.0 Å². The number of rotatable bonds is 6. The minimum atomic E-state index is -0.627. The van der Waals surface area contributed by atoms with Gasteiger partial charge in [0.25, 0.3) is 0 Å². The SMILES string of the molecule is C=CC(=O)N1CCC(Oc2cc(-c3noc(C4(C)CCC(C)c5sc(N)c(C#N)c54)n3)nc(N3CCN(C)CC3)c2)CC1. The molecular formula is C31H38N8O3S. The Morgan fingerprint density at radius 3 is 2.65 bits per heavy atom. The Kier molecular flexibility index (Phi) is 7.87. The molecule has 0 spiro atoms. The summed E-state index contributed by atoms with van der Waals surface area (Å²) in [5, 5.41) is 14.9. The summed E-state index contributed by atoms with van der Waals surface area (Å²) in [6.07, 6.45) is 4.50. The zero-order valence-corrected chi connectivity index (χ0v) is 25.8. The Bertz CT molecular complexity index is 1560. The van der Waals surface area contributed by atoms with E-state index in [4.69, 9.17) is 25.0 Å². The van der Waals surface area contributed by atoms with Crippen LogP contribution in [-0.2, 0) is 10.2 Å². The van der Waals surface area contributed by atoms with Gasteiger partial charge in [-0.1, -0.05) is 18.7 Å². The van der Waals surface area contributed by atoms with Crippen LogP contribution in [-0.4, -0.2) is 83.3 Å². The normalized spacial score (nSPS) is 23.1. The molecular weight excluding hydrogens is 564 g/mol. The molecule has 0 saturated carbocycles. The molecule has 2 aliphatic heterocycles. The van der Waals surface area contributed by atoms with Gasteiger partial charge in [0.15, 0.2) is 0 Å². The number of likely N-dealkylation sites (N-methyl/N-ethyl adjacent to an activating group) is 1. The lowest BCUT2D eigenvalue weighted by Gasteiger charge is -2.34. The molecule has 2 N–H and O–H groups in total. The molecule has 3 aliphatic rings. The number of pyridine rings is 1. The lowest BCUT2D eigenvalue weighted by molar-refractivity contribution is -0.127. The van der Waals surface area contributed by atoms with E-state index in [1.165, 1.54) is 17.4 Å². The molecule has 226 valence electrons. The second-order valence-corrected chi connectivity index (χ2v) is 13.2. The van der Waals surface area contributed by atoms with Crippen LogP contribution in [0, 0.1) is 11.3 Å². The zero-order valence-electron chi connectivity index (χ0n) is 25.0. The van der Waals surface area contributed by atoms with Crippen LogP contribution in [0.1, 0.15) is 67.3 Å². The summed E-state index contributed by atoms with van der Waals surface area (Å²) in [4.78, 5) is 29.4. The summed E-state index contributed by atoms with van der Waals surface area (Å²) in [6, 6.07) is 6.18. The molecule has 1 aliphatic carbocycles. The van der Waals surface area contributed by atoms with E-state index >= 15 is 0 Å². The Labute approximate surface area is 255 Å². The van der Waals surface area contributed by atoms with Crippen molar-refractivity contribution in [3.8, 4) is 23.3 Å². The first-order valence-electron chi connectivity index (χ1n) is 14.9. The van der Waals surface area contributed by atoms with E-state index in [1.54, 1.807) is 4.90 Å². The minimum absolute atomic E-state index is 0.0275. The van der Waals surface area contributed by atoms with Crippen LogP contribution in [0.5, 0.6) is 5.75 Å². The number of carbonyl (C=O) groups is 1. The molecule has 0 bridgehead atoms. The van der Waals surface area contributed by atoms with Crippen molar-refractivity contribution in [2.75, 3.05) is 56.9 Å². The average molecular weight is 603 g/mol. The van der Waals surface area contributed by atoms with Crippen molar-refractivity contribution in [3.05, 3.63) is 46.7 Å². The molecule has 2 fully saturated rings. The molecule has 3 aromatic rings. The monoisotopic (exact) mass is 602 g/mol. The highest BCUT2D eigenvalue weighted by molar-refractivity contribution is 7.16. The predicted molar refractivity (Wildman–Crippen MR) is 165 cm³/mol. The summed E-state index contributed by atoms with van der Waals surface area (Å²) in [7, 11) is 2.12. The Balaban J connectivity index is 1.32. The van der Waals surface area contributed by atoms with E-state index in [0.717, 1.165) is 68.1 Å². The molecule has 3 aromatic heterocycles. The van der Waals surface area contributed by atoms with E-state index in [-0.39, 0.29) is 12.0 Å². The maximum absolute atomic E-state index is 12.0. The highest BCUT2D eigenvalue weighted by atomic mass is 32.1. The van der Waals surface area contributed by atoms with Gasteiger partial charge in [-0.15, -0.1) is 11.3 Å². The van der Waals surface area contributed by atoms with Gasteiger partial charge in [-0.3, -0.25) is 4.79 Å². The first kappa shape index (κ1) is 29.1. The number of carbonyl (C=O) groups excluding carboxylic acids is 1. The number of piperidine rings is 1. The van der Waals surface area contributed by atoms with Crippen molar-refractivity contribution in [2.45, 2.75) is 57.0 Å². The minimum Gasteiger partial charge on any atom is -0.490 e. The quantitative estimate of drug-likeness (QED) is 0.410. The third-order valence-electron chi connectivity index (χ3n) is 9.12. The molecule has 12 heteroatoms. The van der Waals surface area contributed by atoms with Crippen LogP contribution in [0.3, 0.4) is 0 Å². The molecule has 5 heterocycles. The first-order valence-corrected chi connectivity index (χ1v) is 15.7. The molecule has 2 saturated heterocycles. The summed E-state index contributed by atoms with van der Waals surface area (Å²) in [6.45, 7) is 12.7. The number of likely N-dealkylation sites (tertiary alicyclic amines) is 1. The number of piperazine rings is 1. The molecule has 0 radical (unpaired) electrons. The summed E-state index contributed by atoms with van der Waals surface area (Å²) < 4.78 is 12.4. The Hall–Kier alpha value is -3.95. The predicted octanol–water partition coefficient (Wildman–Crippen LogP) is 4.16. The van der Waals surface area contributed by atoms with Gasteiger partial charge in [0.1, 0.15) is 34.4 Å². The van der Waals surface area contributed by atoms with E-state index in [2.05, 4.69) is 48.5 Å². The zero-order chi connectivity index (χ0) is 30.3. The highest BCUT2D eigenvalue weighted by Gasteiger charge is 2.45. The largest absolute Gasteiger partial charge is 0.490 e. The number of hydrogen-bond acceptors (Lipinski definition) is 11. The van der Waals surface area contributed by atoms with Crippen LogP contribution in [0.25, 0.3) is 11.5 Å². The Morgan fingerprint density at radius 1 is 1.21 bits per heavy atom. The van der Waals surface area contributed by atoms with Gasteiger partial charge in [-0.25, -0.2) is 4.98 Å². The van der Waals surface area contributed by atoms with Crippen molar-refractivity contribution < 1.29 is 14.1 Å². The van der Waals surface area contributed by atoms with Crippen LogP contribution in [0.2, 0.25) is 0 Å². The van der Waals surface area contributed by atoms with Crippen molar-refractivity contribution in [1.82, 2.24) is 24.9 Å².